The van der Waals surface area contributed by atoms with Crippen LogP contribution in [0.5, 0.6) is 0 Å². The normalized spacial score (nSPS) is 21.8. The molecule has 0 aliphatic heterocycles. The number of aldehydes is 1. The maximum Gasteiger partial charge on any atom is 0.130 e. The molecule has 11 heavy (non-hydrogen) atoms. The molecule has 1 rings (SSSR count). The van der Waals surface area contributed by atoms with E-state index in [1.807, 2.05) is 6.08 Å². The van der Waals surface area contributed by atoms with Crippen LogP contribution in [-0.2, 0) is 4.79 Å². The van der Waals surface area contributed by atoms with Gasteiger partial charge in [0.25, 0.3) is 0 Å². The van der Waals surface area contributed by atoms with Crippen LogP contribution in [-0.4, -0.2) is 6.29 Å². The van der Waals surface area contributed by atoms with Gasteiger partial charge in [-0.25, -0.2) is 0 Å². The van der Waals surface area contributed by atoms with Crippen molar-refractivity contribution in [1.29, 1.82) is 0 Å². The van der Waals surface area contributed by atoms with Crippen LogP contribution in [0, 0.1) is 5.41 Å². The second-order valence-electron chi connectivity index (χ2n) is 3.26. The maximum absolute atomic E-state index is 10.8. The third-order valence-corrected chi connectivity index (χ3v) is 2.41. The first kappa shape index (κ1) is 8.29. The fourth-order valence-electron chi connectivity index (χ4n) is 1.71. The van der Waals surface area contributed by atoms with Crippen LogP contribution in [0.2, 0.25) is 0 Å². The highest BCUT2D eigenvalue weighted by Crippen LogP contribution is 2.35. The predicted molar refractivity (Wildman–Crippen MR) is 45.3 cm³/mol. The molecule has 0 spiro atoms. The lowest BCUT2D eigenvalue weighted by molar-refractivity contribution is -0.115. The summed E-state index contributed by atoms with van der Waals surface area (Å²) < 4.78 is 0. The highest BCUT2D eigenvalue weighted by Gasteiger charge is 2.28. The minimum Gasteiger partial charge on any atom is -0.302 e. The molecular formula is C10H14O. The van der Waals surface area contributed by atoms with Crippen molar-refractivity contribution in [3.8, 4) is 0 Å². The van der Waals surface area contributed by atoms with Gasteiger partial charge in [-0.3, -0.25) is 0 Å². The van der Waals surface area contributed by atoms with E-state index in [1.54, 1.807) is 0 Å². The highest BCUT2D eigenvalue weighted by atomic mass is 16.1. The molecule has 1 saturated carbocycles. The molecule has 0 atom stereocenters. The van der Waals surface area contributed by atoms with Crippen molar-refractivity contribution in [3.63, 3.8) is 0 Å². The Hall–Kier alpha value is -0.810. The van der Waals surface area contributed by atoms with Crippen molar-refractivity contribution in [2.24, 2.45) is 5.41 Å². The van der Waals surface area contributed by atoms with Crippen molar-refractivity contribution in [3.05, 3.63) is 18.4 Å². The van der Waals surface area contributed by atoms with Gasteiger partial charge in [-0.15, -0.1) is 5.73 Å². The van der Waals surface area contributed by atoms with Gasteiger partial charge in [0, 0.05) is 0 Å². The number of allylic oxidation sites excluding steroid dienone is 1. The second kappa shape index (κ2) is 3.54. The van der Waals surface area contributed by atoms with Crippen LogP contribution in [0.1, 0.15) is 32.1 Å². The van der Waals surface area contributed by atoms with Gasteiger partial charge in [0.15, 0.2) is 0 Å². The van der Waals surface area contributed by atoms with Crippen LogP contribution >= 0.6 is 0 Å². The van der Waals surface area contributed by atoms with Crippen LogP contribution in [0.4, 0.5) is 0 Å². The van der Waals surface area contributed by atoms with Crippen molar-refractivity contribution in [2.45, 2.75) is 32.1 Å². The van der Waals surface area contributed by atoms with E-state index in [9.17, 15) is 4.79 Å². The Morgan fingerprint density at radius 3 is 2.36 bits per heavy atom. The molecule has 0 amide bonds. The average Bonchev–Trinajstić information content (AvgIpc) is 2.07. The van der Waals surface area contributed by atoms with Crippen LogP contribution < -0.4 is 0 Å². The van der Waals surface area contributed by atoms with Crippen molar-refractivity contribution in [1.82, 2.24) is 0 Å². The lowest BCUT2D eigenvalue weighted by Crippen LogP contribution is -2.22. The number of hydrogen-bond donors (Lipinski definition) is 0. The molecule has 60 valence electrons. The Kier molecular flexibility index (Phi) is 2.67. The first-order valence-electron chi connectivity index (χ1n) is 4.16. The third-order valence-electron chi connectivity index (χ3n) is 2.41. The minimum atomic E-state index is -0.208. The molecule has 0 unspecified atom stereocenters. The summed E-state index contributed by atoms with van der Waals surface area (Å²) in [6.45, 7) is 3.51. The molecule has 0 N–H and O–H groups in total. The Bertz CT molecular complexity index is 181. The second-order valence-corrected chi connectivity index (χ2v) is 3.26. The Morgan fingerprint density at radius 2 is 1.91 bits per heavy atom. The predicted octanol–water partition coefficient (Wildman–Crippen LogP) is 2.48. The summed E-state index contributed by atoms with van der Waals surface area (Å²) in [5.74, 6) is 0. The number of rotatable bonds is 2. The van der Waals surface area contributed by atoms with Crippen LogP contribution in [0.15, 0.2) is 18.4 Å². The summed E-state index contributed by atoms with van der Waals surface area (Å²) in [6, 6.07) is 0. The van der Waals surface area contributed by atoms with E-state index in [-0.39, 0.29) is 5.41 Å². The van der Waals surface area contributed by atoms with E-state index >= 15 is 0 Å². The molecule has 1 nitrogen and oxygen atoms in total. The highest BCUT2D eigenvalue weighted by molar-refractivity contribution is 5.62. The molecule has 1 fully saturated rings. The van der Waals surface area contributed by atoms with Gasteiger partial charge < -0.3 is 4.79 Å². The number of carbonyl (C=O) groups excluding carboxylic acids is 1. The standard InChI is InChI=1S/C10H14O/c1-2-6-10(9-11)7-4-3-5-8-10/h6,9H,1,3-5,7-8H2. The lowest BCUT2D eigenvalue weighted by Gasteiger charge is -2.27. The van der Waals surface area contributed by atoms with E-state index in [1.165, 1.54) is 6.42 Å². The minimum absolute atomic E-state index is 0.208. The summed E-state index contributed by atoms with van der Waals surface area (Å²) in [5, 5.41) is 0. The first-order valence-corrected chi connectivity index (χ1v) is 4.16. The van der Waals surface area contributed by atoms with Gasteiger partial charge in [-0.05, 0) is 18.9 Å². The summed E-state index contributed by atoms with van der Waals surface area (Å²) in [5.41, 5.74) is 2.51. The van der Waals surface area contributed by atoms with Crippen molar-refractivity contribution >= 4 is 6.29 Å². The largest absolute Gasteiger partial charge is 0.302 e. The first-order chi connectivity index (χ1) is 5.33. The molecule has 0 aromatic rings. The molecule has 0 radical (unpaired) electrons. The fourth-order valence-corrected chi connectivity index (χ4v) is 1.71. The zero-order chi connectivity index (χ0) is 8.16. The SMILES string of the molecule is C=C=CC1(C=O)CCCCC1. The summed E-state index contributed by atoms with van der Waals surface area (Å²) in [4.78, 5) is 10.8. The lowest BCUT2D eigenvalue weighted by atomic mass is 9.75. The fraction of sp³-hybridized carbons (Fsp3) is 0.600. The Labute approximate surface area is 67.8 Å². The molecule has 0 aromatic heterocycles. The molecule has 0 heterocycles. The zero-order valence-electron chi connectivity index (χ0n) is 6.81. The summed E-state index contributed by atoms with van der Waals surface area (Å²) >= 11 is 0. The molecule has 0 bridgehead atoms. The Morgan fingerprint density at radius 1 is 1.27 bits per heavy atom. The van der Waals surface area contributed by atoms with Gasteiger partial charge in [-0.1, -0.05) is 25.8 Å². The van der Waals surface area contributed by atoms with Gasteiger partial charge in [-0.2, -0.15) is 0 Å². The third kappa shape index (κ3) is 1.81. The quantitative estimate of drug-likeness (QED) is 0.436. The van der Waals surface area contributed by atoms with E-state index in [2.05, 4.69) is 12.3 Å². The van der Waals surface area contributed by atoms with Gasteiger partial charge in [0.1, 0.15) is 6.29 Å². The molecular weight excluding hydrogens is 136 g/mol. The molecule has 1 aliphatic rings. The molecule has 1 heteroatoms. The zero-order valence-corrected chi connectivity index (χ0v) is 6.81. The molecule has 1 aliphatic carbocycles. The van der Waals surface area contributed by atoms with E-state index < -0.39 is 0 Å². The van der Waals surface area contributed by atoms with Crippen molar-refractivity contribution in [2.75, 3.05) is 0 Å². The summed E-state index contributed by atoms with van der Waals surface area (Å²) in [6.07, 6.45) is 8.45. The number of hydrogen-bond acceptors (Lipinski definition) is 1. The van der Waals surface area contributed by atoms with Gasteiger partial charge in [0.05, 0.1) is 5.41 Å². The van der Waals surface area contributed by atoms with Gasteiger partial charge >= 0.3 is 0 Å². The van der Waals surface area contributed by atoms with E-state index in [0.29, 0.717) is 0 Å². The van der Waals surface area contributed by atoms with Crippen LogP contribution in [0.25, 0.3) is 0 Å². The monoisotopic (exact) mass is 150 g/mol. The smallest absolute Gasteiger partial charge is 0.130 e. The Balaban J connectivity index is 2.71. The van der Waals surface area contributed by atoms with Crippen molar-refractivity contribution < 1.29 is 4.79 Å². The molecule has 0 aromatic carbocycles. The van der Waals surface area contributed by atoms with E-state index in [4.69, 9.17) is 0 Å². The molecule has 0 saturated heterocycles. The van der Waals surface area contributed by atoms with E-state index in [0.717, 1.165) is 32.0 Å². The van der Waals surface area contributed by atoms with Crippen LogP contribution in [0.3, 0.4) is 0 Å². The summed E-state index contributed by atoms with van der Waals surface area (Å²) in [7, 11) is 0. The topological polar surface area (TPSA) is 17.1 Å². The number of carbonyl (C=O) groups is 1. The maximum atomic E-state index is 10.8. The average molecular weight is 150 g/mol. The van der Waals surface area contributed by atoms with Gasteiger partial charge in [0.2, 0.25) is 0 Å².